The summed E-state index contributed by atoms with van der Waals surface area (Å²) in [4.78, 5) is 11.1. The largest absolute Gasteiger partial charge is 0.364 e. The highest BCUT2D eigenvalue weighted by molar-refractivity contribution is 5.91. The second kappa shape index (κ2) is 4.02. The molecule has 2 heterocycles. The van der Waals surface area contributed by atoms with Gasteiger partial charge in [-0.25, -0.2) is 0 Å². The van der Waals surface area contributed by atoms with Gasteiger partial charge in [0.25, 0.3) is 5.91 Å². The molecule has 82 valence electrons. The minimum absolute atomic E-state index is 0.276. The third kappa shape index (κ3) is 2.02. The van der Waals surface area contributed by atoms with E-state index in [1.54, 1.807) is 17.8 Å². The molecule has 0 radical (unpaired) electrons. The van der Waals surface area contributed by atoms with Crippen LogP contribution in [-0.4, -0.2) is 22.2 Å². The fraction of sp³-hybridized carbons (Fsp3) is 0.600. The number of hydrogen-bond donors (Lipinski definition) is 2. The van der Waals surface area contributed by atoms with Gasteiger partial charge < -0.3 is 11.1 Å². The molecule has 2 rings (SSSR count). The number of piperidine rings is 1. The van der Waals surface area contributed by atoms with Crippen LogP contribution in [0.5, 0.6) is 0 Å². The van der Waals surface area contributed by atoms with E-state index in [-0.39, 0.29) is 6.04 Å². The van der Waals surface area contributed by atoms with Crippen LogP contribution in [0.3, 0.4) is 0 Å². The van der Waals surface area contributed by atoms with Gasteiger partial charge in [0, 0.05) is 7.05 Å². The van der Waals surface area contributed by atoms with Crippen molar-refractivity contribution in [3.63, 3.8) is 0 Å². The first-order valence-electron chi connectivity index (χ1n) is 5.25. The van der Waals surface area contributed by atoms with E-state index < -0.39 is 5.91 Å². The van der Waals surface area contributed by atoms with Crippen molar-refractivity contribution < 1.29 is 4.79 Å². The quantitative estimate of drug-likeness (QED) is 0.735. The molecular weight excluding hydrogens is 192 g/mol. The van der Waals surface area contributed by atoms with E-state index >= 15 is 0 Å². The van der Waals surface area contributed by atoms with Crippen molar-refractivity contribution >= 4 is 5.91 Å². The zero-order valence-corrected chi connectivity index (χ0v) is 8.86. The highest BCUT2D eigenvalue weighted by Crippen LogP contribution is 2.22. The summed E-state index contributed by atoms with van der Waals surface area (Å²) in [6.07, 6.45) is 3.50. The van der Waals surface area contributed by atoms with Crippen molar-refractivity contribution in [2.45, 2.75) is 25.3 Å². The summed E-state index contributed by atoms with van der Waals surface area (Å²) in [5.74, 6) is -0.424. The molecule has 5 heteroatoms. The number of nitrogens with one attached hydrogen (secondary N) is 1. The Bertz CT molecular complexity index is 365. The lowest BCUT2D eigenvalue weighted by Crippen LogP contribution is -2.27. The molecule has 15 heavy (non-hydrogen) atoms. The number of carbonyl (C=O) groups is 1. The summed E-state index contributed by atoms with van der Waals surface area (Å²) in [6, 6.07) is 2.06. The fourth-order valence-electron chi connectivity index (χ4n) is 1.99. The second-order valence-corrected chi connectivity index (χ2v) is 3.94. The molecule has 1 aliphatic rings. The molecule has 0 bridgehead atoms. The number of amides is 1. The van der Waals surface area contributed by atoms with Crippen molar-refractivity contribution in [2.24, 2.45) is 12.8 Å². The Kier molecular flexibility index (Phi) is 2.73. The minimum atomic E-state index is -0.424. The van der Waals surface area contributed by atoms with Crippen LogP contribution in [0.1, 0.15) is 41.5 Å². The monoisotopic (exact) mass is 208 g/mol. The third-order valence-corrected chi connectivity index (χ3v) is 2.82. The number of nitrogens with zero attached hydrogens (tertiary/aromatic N) is 2. The Morgan fingerprint density at radius 3 is 3.00 bits per heavy atom. The van der Waals surface area contributed by atoms with Gasteiger partial charge in [-0.2, -0.15) is 5.10 Å². The van der Waals surface area contributed by atoms with Crippen LogP contribution < -0.4 is 11.1 Å². The first kappa shape index (κ1) is 10.2. The SMILES string of the molecule is Cn1nc([C@H]2CCCCN2)cc1C(N)=O. The summed E-state index contributed by atoms with van der Waals surface area (Å²) < 4.78 is 1.55. The van der Waals surface area contributed by atoms with E-state index in [1.165, 1.54) is 12.8 Å². The number of primary amides is 1. The highest BCUT2D eigenvalue weighted by Gasteiger charge is 2.19. The molecule has 1 amide bonds. The third-order valence-electron chi connectivity index (χ3n) is 2.82. The lowest BCUT2D eigenvalue weighted by Gasteiger charge is -2.21. The number of aryl methyl sites for hydroxylation is 1. The molecule has 1 atom stereocenters. The number of rotatable bonds is 2. The predicted octanol–water partition coefficient (Wildman–Crippen LogP) is 0.334. The molecule has 0 aliphatic carbocycles. The molecule has 0 aromatic carbocycles. The maximum Gasteiger partial charge on any atom is 0.266 e. The van der Waals surface area contributed by atoms with E-state index in [2.05, 4.69) is 10.4 Å². The summed E-state index contributed by atoms with van der Waals surface area (Å²) in [7, 11) is 1.74. The molecule has 1 aliphatic heterocycles. The van der Waals surface area contributed by atoms with Gasteiger partial charge in [-0.1, -0.05) is 6.42 Å². The van der Waals surface area contributed by atoms with Crippen molar-refractivity contribution in [3.05, 3.63) is 17.5 Å². The van der Waals surface area contributed by atoms with Crippen molar-refractivity contribution in [3.8, 4) is 0 Å². The van der Waals surface area contributed by atoms with Crippen molar-refractivity contribution in [1.82, 2.24) is 15.1 Å². The summed E-state index contributed by atoms with van der Waals surface area (Å²) in [5, 5.41) is 7.70. The van der Waals surface area contributed by atoms with Crippen molar-refractivity contribution in [1.29, 1.82) is 0 Å². The molecule has 0 unspecified atom stereocenters. The van der Waals surface area contributed by atoms with Gasteiger partial charge in [0.05, 0.1) is 11.7 Å². The van der Waals surface area contributed by atoms with E-state index in [4.69, 9.17) is 5.73 Å². The normalized spacial score (nSPS) is 21.5. The van der Waals surface area contributed by atoms with E-state index in [0.29, 0.717) is 5.69 Å². The van der Waals surface area contributed by atoms with Gasteiger partial charge in [-0.3, -0.25) is 9.48 Å². The minimum Gasteiger partial charge on any atom is -0.364 e. The maximum absolute atomic E-state index is 11.1. The average molecular weight is 208 g/mol. The number of aromatic nitrogens is 2. The first-order chi connectivity index (χ1) is 7.18. The topological polar surface area (TPSA) is 72.9 Å². The Labute approximate surface area is 88.6 Å². The van der Waals surface area contributed by atoms with Crippen LogP contribution in [0.15, 0.2) is 6.07 Å². The maximum atomic E-state index is 11.1. The Morgan fingerprint density at radius 2 is 2.47 bits per heavy atom. The van der Waals surface area contributed by atoms with E-state index in [9.17, 15) is 4.79 Å². The molecule has 1 fully saturated rings. The number of carbonyl (C=O) groups excluding carboxylic acids is 1. The number of hydrogen-bond acceptors (Lipinski definition) is 3. The fourth-order valence-corrected chi connectivity index (χ4v) is 1.99. The van der Waals surface area contributed by atoms with Crippen LogP contribution in [0.2, 0.25) is 0 Å². The zero-order chi connectivity index (χ0) is 10.8. The Morgan fingerprint density at radius 1 is 1.67 bits per heavy atom. The van der Waals surface area contributed by atoms with Gasteiger partial charge in [0.1, 0.15) is 5.69 Å². The summed E-state index contributed by atoms with van der Waals surface area (Å²) >= 11 is 0. The molecular formula is C10H16N4O. The zero-order valence-electron chi connectivity index (χ0n) is 8.86. The Hall–Kier alpha value is -1.36. The molecule has 1 aromatic rings. The lowest BCUT2D eigenvalue weighted by atomic mass is 10.0. The van der Waals surface area contributed by atoms with Gasteiger partial charge in [-0.15, -0.1) is 0 Å². The van der Waals surface area contributed by atoms with Gasteiger partial charge in [0.2, 0.25) is 0 Å². The lowest BCUT2D eigenvalue weighted by molar-refractivity contribution is 0.0991. The second-order valence-electron chi connectivity index (χ2n) is 3.94. The Balaban J connectivity index is 2.21. The molecule has 3 N–H and O–H groups in total. The standard InChI is InChI=1S/C10H16N4O/c1-14-9(10(11)15)6-8(13-14)7-4-2-3-5-12-7/h6-7,12H,2-5H2,1H3,(H2,11,15)/t7-/m1/s1. The average Bonchev–Trinajstić information content (AvgIpc) is 2.62. The highest BCUT2D eigenvalue weighted by atomic mass is 16.1. The first-order valence-corrected chi connectivity index (χ1v) is 5.25. The van der Waals surface area contributed by atoms with Gasteiger partial charge in [-0.05, 0) is 25.5 Å². The van der Waals surface area contributed by atoms with Crippen LogP contribution >= 0.6 is 0 Å². The number of nitrogens with two attached hydrogens (primary N) is 1. The van der Waals surface area contributed by atoms with Gasteiger partial charge >= 0.3 is 0 Å². The summed E-state index contributed by atoms with van der Waals surface area (Å²) in [5.41, 5.74) is 6.63. The van der Waals surface area contributed by atoms with Crippen LogP contribution in [0.4, 0.5) is 0 Å². The van der Waals surface area contributed by atoms with Crippen LogP contribution in [0.25, 0.3) is 0 Å². The van der Waals surface area contributed by atoms with Gasteiger partial charge in [0.15, 0.2) is 0 Å². The summed E-state index contributed by atoms with van der Waals surface area (Å²) in [6.45, 7) is 1.02. The molecule has 5 nitrogen and oxygen atoms in total. The molecule has 0 spiro atoms. The molecule has 1 saturated heterocycles. The van der Waals surface area contributed by atoms with E-state index in [0.717, 1.165) is 18.7 Å². The predicted molar refractivity (Wildman–Crippen MR) is 56.3 cm³/mol. The van der Waals surface area contributed by atoms with E-state index in [1.807, 2.05) is 0 Å². The van der Waals surface area contributed by atoms with Crippen LogP contribution in [-0.2, 0) is 7.05 Å². The molecule has 0 saturated carbocycles. The van der Waals surface area contributed by atoms with Crippen molar-refractivity contribution in [2.75, 3.05) is 6.54 Å². The molecule has 1 aromatic heterocycles. The van der Waals surface area contributed by atoms with Crippen LogP contribution in [0, 0.1) is 0 Å². The smallest absolute Gasteiger partial charge is 0.266 e.